The molecule has 19 heavy (non-hydrogen) atoms. The minimum Gasteiger partial charge on any atom is -0.507 e. The van der Waals surface area contributed by atoms with E-state index in [9.17, 15) is 9.90 Å². The number of aromatic hydroxyl groups is 1. The van der Waals surface area contributed by atoms with E-state index in [0.717, 1.165) is 17.9 Å². The summed E-state index contributed by atoms with van der Waals surface area (Å²) in [6.45, 7) is 2.62. The average molecular weight is 261 g/mol. The molecule has 1 aromatic rings. The fourth-order valence-corrected chi connectivity index (χ4v) is 2.79. The largest absolute Gasteiger partial charge is 0.507 e. The predicted molar refractivity (Wildman–Crippen MR) is 76.4 cm³/mol. The summed E-state index contributed by atoms with van der Waals surface area (Å²) in [5.74, 6) is 0.651. The molecule has 1 fully saturated rings. The molecule has 0 bridgehead atoms. The maximum absolute atomic E-state index is 12.0. The van der Waals surface area contributed by atoms with Crippen LogP contribution in [0.15, 0.2) is 18.2 Å². The third-order valence-corrected chi connectivity index (χ3v) is 3.96. The van der Waals surface area contributed by atoms with Crippen LogP contribution < -0.4 is 5.32 Å². The van der Waals surface area contributed by atoms with E-state index in [1.54, 1.807) is 18.2 Å². The second-order valence-corrected chi connectivity index (χ2v) is 5.57. The molecule has 2 rings (SSSR count). The van der Waals surface area contributed by atoms with Crippen LogP contribution >= 0.6 is 0 Å². The van der Waals surface area contributed by atoms with Gasteiger partial charge in [-0.05, 0) is 31.4 Å². The molecule has 0 spiro atoms. The SMILES string of the molecule is Cc1ccc(O)c(C(=O)NCCC2CCCCC2)c1. The topological polar surface area (TPSA) is 49.3 Å². The van der Waals surface area contributed by atoms with Crippen molar-refractivity contribution in [2.24, 2.45) is 5.92 Å². The van der Waals surface area contributed by atoms with Gasteiger partial charge in [-0.3, -0.25) is 4.79 Å². The number of hydrogen-bond acceptors (Lipinski definition) is 2. The van der Waals surface area contributed by atoms with Crippen LogP contribution in [0, 0.1) is 12.8 Å². The summed E-state index contributed by atoms with van der Waals surface area (Å²) in [4.78, 5) is 12.0. The lowest BCUT2D eigenvalue weighted by atomic mass is 9.87. The molecule has 0 atom stereocenters. The Bertz CT molecular complexity index is 436. The number of hydrogen-bond donors (Lipinski definition) is 2. The molecule has 1 saturated carbocycles. The van der Waals surface area contributed by atoms with Crippen molar-refractivity contribution >= 4 is 5.91 Å². The minimum atomic E-state index is -0.169. The Morgan fingerprint density at radius 1 is 1.32 bits per heavy atom. The molecule has 1 aliphatic carbocycles. The fourth-order valence-electron chi connectivity index (χ4n) is 2.79. The first-order valence-corrected chi connectivity index (χ1v) is 7.24. The van der Waals surface area contributed by atoms with Crippen molar-refractivity contribution in [2.75, 3.05) is 6.54 Å². The number of phenolic OH excluding ortho intramolecular Hbond substituents is 1. The third-order valence-electron chi connectivity index (χ3n) is 3.96. The highest BCUT2D eigenvalue weighted by Gasteiger charge is 2.15. The van der Waals surface area contributed by atoms with Crippen molar-refractivity contribution in [1.82, 2.24) is 5.32 Å². The van der Waals surface area contributed by atoms with E-state index in [2.05, 4.69) is 5.32 Å². The van der Waals surface area contributed by atoms with Gasteiger partial charge in [0.1, 0.15) is 5.75 Å². The van der Waals surface area contributed by atoms with Crippen LogP contribution in [0.25, 0.3) is 0 Å². The molecular weight excluding hydrogens is 238 g/mol. The van der Waals surface area contributed by atoms with Crippen molar-refractivity contribution < 1.29 is 9.90 Å². The van der Waals surface area contributed by atoms with Crippen LogP contribution in [0.5, 0.6) is 5.75 Å². The van der Waals surface area contributed by atoms with E-state index in [4.69, 9.17) is 0 Å². The maximum Gasteiger partial charge on any atom is 0.255 e. The van der Waals surface area contributed by atoms with Gasteiger partial charge < -0.3 is 10.4 Å². The quantitative estimate of drug-likeness (QED) is 0.872. The van der Waals surface area contributed by atoms with Gasteiger partial charge in [0, 0.05) is 6.54 Å². The Balaban J connectivity index is 1.82. The molecule has 1 aromatic carbocycles. The standard InChI is InChI=1S/C16H23NO2/c1-12-7-8-15(18)14(11-12)16(19)17-10-9-13-5-3-2-4-6-13/h7-8,11,13,18H,2-6,9-10H2,1H3,(H,17,19). The van der Waals surface area contributed by atoms with Crippen LogP contribution in [0.4, 0.5) is 0 Å². The van der Waals surface area contributed by atoms with Crippen LogP contribution in [0.3, 0.4) is 0 Å². The van der Waals surface area contributed by atoms with Gasteiger partial charge >= 0.3 is 0 Å². The van der Waals surface area contributed by atoms with Gasteiger partial charge in [0.15, 0.2) is 0 Å². The van der Waals surface area contributed by atoms with Crippen molar-refractivity contribution in [2.45, 2.75) is 45.4 Å². The Labute approximate surface area is 115 Å². The van der Waals surface area contributed by atoms with Gasteiger partial charge in [-0.15, -0.1) is 0 Å². The summed E-state index contributed by atoms with van der Waals surface area (Å²) in [5, 5.41) is 12.6. The third kappa shape index (κ3) is 3.98. The summed E-state index contributed by atoms with van der Waals surface area (Å²) in [7, 11) is 0. The number of benzene rings is 1. The Kier molecular flexibility index (Phi) is 4.83. The van der Waals surface area contributed by atoms with Gasteiger partial charge in [-0.25, -0.2) is 0 Å². The monoisotopic (exact) mass is 261 g/mol. The summed E-state index contributed by atoms with van der Waals surface area (Å²) >= 11 is 0. The highest BCUT2D eigenvalue weighted by molar-refractivity contribution is 5.96. The number of aryl methyl sites for hydroxylation is 1. The number of rotatable bonds is 4. The van der Waals surface area contributed by atoms with Crippen LogP contribution in [0.1, 0.15) is 54.4 Å². The van der Waals surface area contributed by atoms with Crippen molar-refractivity contribution in [3.63, 3.8) is 0 Å². The van der Waals surface area contributed by atoms with Gasteiger partial charge in [-0.1, -0.05) is 43.7 Å². The molecular formula is C16H23NO2. The van der Waals surface area contributed by atoms with Gasteiger partial charge in [0.05, 0.1) is 5.56 Å². The van der Waals surface area contributed by atoms with E-state index >= 15 is 0 Å². The molecule has 1 amide bonds. The first-order chi connectivity index (χ1) is 9.16. The molecule has 0 radical (unpaired) electrons. The van der Waals surface area contributed by atoms with E-state index in [-0.39, 0.29) is 11.7 Å². The van der Waals surface area contributed by atoms with Gasteiger partial charge in [0.2, 0.25) is 0 Å². The lowest BCUT2D eigenvalue weighted by Crippen LogP contribution is -2.26. The number of phenols is 1. The average Bonchev–Trinajstić information content (AvgIpc) is 2.42. The van der Waals surface area contributed by atoms with E-state index < -0.39 is 0 Å². The summed E-state index contributed by atoms with van der Waals surface area (Å²) in [6.07, 6.45) is 7.67. The zero-order valence-corrected chi connectivity index (χ0v) is 11.6. The highest BCUT2D eigenvalue weighted by Crippen LogP contribution is 2.25. The summed E-state index contributed by atoms with van der Waals surface area (Å²) in [5.41, 5.74) is 1.36. The molecule has 3 heteroatoms. The molecule has 3 nitrogen and oxygen atoms in total. The zero-order valence-electron chi connectivity index (χ0n) is 11.6. The molecule has 0 aromatic heterocycles. The fraction of sp³-hybridized carbons (Fsp3) is 0.562. The van der Waals surface area contributed by atoms with Crippen molar-refractivity contribution in [1.29, 1.82) is 0 Å². The Morgan fingerprint density at radius 2 is 2.05 bits per heavy atom. The zero-order chi connectivity index (χ0) is 13.7. The first-order valence-electron chi connectivity index (χ1n) is 7.24. The van der Waals surface area contributed by atoms with E-state index in [1.807, 2.05) is 6.92 Å². The number of carbonyl (C=O) groups is 1. The van der Waals surface area contributed by atoms with Crippen LogP contribution in [-0.4, -0.2) is 17.6 Å². The molecule has 2 N–H and O–H groups in total. The smallest absolute Gasteiger partial charge is 0.255 e. The second kappa shape index (κ2) is 6.60. The molecule has 0 heterocycles. The summed E-state index contributed by atoms with van der Waals surface area (Å²) < 4.78 is 0. The molecule has 0 aliphatic heterocycles. The maximum atomic E-state index is 12.0. The highest BCUT2D eigenvalue weighted by atomic mass is 16.3. The van der Waals surface area contributed by atoms with Crippen LogP contribution in [-0.2, 0) is 0 Å². The van der Waals surface area contributed by atoms with Crippen molar-refractivity contribution in [3.8, 4) is 5.75 Å². The first kappa shape index (κ1) is 13.9. The van der Waals surface area contributed by atoms with Crippen LogP contribution in [0.2, 0.25) is 0 Å². The Morgan fingerprint density at radius 3 is 2.79 bits per heavy atom. The van der Waals surface area contributed by atoms with Crippen molar-refractivity contribution in [3.05, 3.63) is 29.3 Å². The van der Waals surface area contributed by atoms with Gasteiger partial charge in [0.25, 0.3) is 5.91 Å². The molecule has 0 unspecified atom stereocenters. The lowest BCUT2D eigenvalue weighted by molar-refractivity contribution is 0.0947. The molecule has 1 aliphatic rings. The molecule has 104 valence electrons. The predicted octanol–water partition coefficient (Wildman–Crippen LogP) is 3.40. The Hall–Kier alpha value is -1.51. The van der Waals surface area contributed by atoms with E-state index in [0.29, 0.717) is 12.1 Å². The summed E-state index contributed by atoms with van der Waals surface area (Å²) in [6, 6.07) is 5.10. The lowest BCUT2D eigenvalue weighted by Gasteiger charge is -2.21. The van der Waals surface area contributed by atoms with Gasteiger partial charge in [-0.2, -0.15) is 0 Å². The number of nitrogens with one attached hydrogen (secondary N) is 1. The second-order valence-electron chi connectivity index (χ2n) is 5.57. The number of amides is 1. The number of carbonyl (C=O) groups excluding carboxylic acids is 1. The normalized spacial score (nSPS) is 16.3. The van der Waals surface area contributed by atoms with E-state index in [1.165, 1.54) is 32.1 Å². The molecule has 0 saturated heterocycles. The minimum absolute atomic E-state index is 0.0563.